The summed E-state index contributed by atoms with van der Waals surface area (Å²) in [6.45, 7) is 2.21. The maximum Gasteiger partial charge on any atom is 0.412 e. The Morgan fingerprint density at radius 3 is 2.52 bits per heavy atom. The van der Waals surface area contributed by atoms with E-state index in [-0.39, 0.29) is 19.1 Å². The number of benzene rings is 2. The molecule has 31 heavy (non-hydrogen) atoms. The smallest absolute Gasteiger partial charge is 0.412 e. The van der Waals surface area contributed by atoms with Crippen molar-refractivity contribution in [3.63, 3.8) is 0 Å². The van der Waals surface area contributed by atoms with Crippen molar-refractivity contribution in [1.29, 1.82) is 0 Å². The molecule has 0 atom stereocenters. The number of para-hydroxylation sites is 2. The molecule has 0 fully saturated rings. The molecular weight excluding hydrogens is 416 g/mol. The first kappa shape index (κ1) is 22.1. The predicted octanol–water partition coefficient (Wildman–Crippen LogP) is 4.95. The van der Waals surface area contributed by atoms with Gasteiger partial charge < -0.3 is 15.0 Å². The minimum atomic E-state index is -0.632. The third-order valence-electron chi connectivity index (χ3n) is 4.45. The lowest BCUT2D eigenvalue weighted by Crippen LogP contribution is -2.33. The number of ether oxygens (including phenoxy) is 1. The van der Waals surface area contributed by atoms with E-state index in [1.807, 2.05) is 48.5 Å². The van der Waals surface area contributed by atoms with E-state index in [0.717, 1.165) is 11.3 Å². The van der Waals surface area contributed by atoms with Crippen LogP contribution in [0.1, 0.15) is 12.5 Å². The molecule has 7 nitrogen and oxygen atoms in total. The standard InChI is InChI=1S/C23H23ClN4O3/c1-17(29)28(14-15-31-23(30)27-22-12-6-7-13-25-22)21-11-5-4-10-20(21)26-16-18-8-2-3-9-19(18)24/h2-13,26H,14-16H2,1H3,(H,25,27,30). The van der Waals surface area contributed by atoms with Crippen LogP contribution in [0.5, 0.6) is 0 Å². The van der Waals surface area contributed by atoms with Crippen molar-refractivity contribution in [2.45, 2.75) is 13.5 Å². The molecule has 0 bridgehead atoms. The molecule has 8 heteroatoms. The fourth-order valence-corrected chi connectivity index (χ4v) is 3.15. The molecule has 0 aliphatic rings. The summed E-state index contributed by atoms with van der Waals surface area (Å²) in [5.41, 5.74) is 2.41. The van der Waals surface area contributed by atoms with Crippen LogP contribution in [0.25, 0.3) is 0 Å². The molecular formula is C23H23ClN4O3. The van der Waals surface area contributed by atoms with Gasteiger partial charge in [-0.15, -0.1) is 0 Å². The Hall–Kier alpha value is -3.58. The second-order valence-corrected chi connectivity index (χ2v) is 7.02. The minimum Gasteiger partial charge on any atom is -0.447 e. The summed E-state index contributed by atoms with van der Waals surface area (Å²) in [5, 5.41) is 6.54. The highest BCUT2D eigenvalue weighted by atomic mass is 35.5. The molecule has 3 rings (SSSR count). The second kappa shape index (κ2) is 11.0. The van der Waals surface area contributed by atoms with Crippen molar-refractivity contribution in [3.05, 3.63) is 83.5 Å². The number of nitrogens with one attached hydrogen (secondary N) is 2. The van der Waals surface area contributed by atoms with E-state index in [1.54, 1.807) is 29.3 Å². The van der Waals surface area contributed by atoms with Gasteiger partial charge in [0.1, 0.15) is 12.4 Å². The first-order valence-corrected chi connectivity index (χ1v) is 10.1. The summed E-state index contributed by atoms with van der Waals surface area (Å²) < 4.78 is 5.21. The number of carbonyl (C=O) groups is 2. The molecule has 2 N–H and O–H groups in total. The average Bonchev–Trinajstić information content (AvgIpc) is 2.77. The zero-order valence-electron chi connectivity index (χ0n) is 17.0. The summed E-state index contributed by atoms with van der Waals surface area (Å²) in [7, 11) is 0. The third-order valence-corrected chi connectivity index (χ3v) is 4.81. The van der Waals surface area contributed by atoms with Crippen LogP contribution in [0.4, 0.5) is 22.0 Å². The Bertz CT molecular complexity index is 1030. The molecule has 2 aromatic carbocycles. The minimum absolute atomic E-state index is 0.0249. The normalized spacial score (nSPS) is 10.3. The Balaban J connectivity index is 1.62. The first-order chi connectivity index (χ1) is 15.0. The molecule has 0 saturated heterocycles. The third kappa shape index (κ3) is 6.45. The van der Waals surface area contributed by atoms with Crippen LogP contribution in [0.15, 0.2) is 72.9 Å². The van der Waals surface area contributed by atoms with E-state index in [9.17, 15) is 9.59 Å². The lowest BCUT2D eigenvalue weighted by Gasteiger charge is -2.24. The number of rotatable bonds is 8. The number of amides is 2. The largest absolute Gasteiger partial charge is 0.447 e. The summed E-state index contributed by atoms with van der Waals surface area (Å²) in [6.07, 6.45) is 0.937. The molecule has 0 unspecified atom stereocenters. The Morgan fingerprint density at radius 1 is 1.03 bits per heavy atom. The van der Waals surface area contributed by atoms with Gasteiger partial charge in [-0.1, -0.05) is 48.0 Å². The quantitative estimate of drug-likeness (QED) is 0.520. The number of aromatic nitrogens is 1. The Kier molecular flexibility index (Phi) is 7.84. The maximum absolute atomic E-state index is 12.3. The zero-order chi connectivity index (χ0) is 22.1. The average molecular weight is 439 g/mol. The number of carbonyl (C=O) groups excluding carboxylic acids is 2. The number of nitrogens with zero attached hydrogens (tertiary/aromatic N) is 2. The first-order valence-electron chi connectivity index (χ1n) is 9.74. The van der Waals surface area contributed by atoms with Gasteiger partial charge in [0.2, 0.25) is 5.91 Å². The van der Waals surface area contributed by atoms with E-state index >= 15 is 0 Å². The van der Waals surface area contributed by atoms with E-state index in [0.29, 0.717) is 23.1 Å². The van der Waals surface area contributed by atoms with Gasteiger partial charge in [0.15, 0.2) is 0 Å². The van der Waals surface area contributed by atoms with Gasteiger partial charge in [-0.25, -0.2) is 9.78 Å². The highest BCUT2D eigenvalue weighted by molar-refractivity contribution is 6.31. The monoisotopic (exact) mass is 438 g/mol. The van der Waals surface area contributed by atoms with E-state index < -0.39 is 6.09 Å². The summed E-state index contributed by atoms with van der Waals surface area (Å²) >= 11 is 6.24. The van der Waals surface area contributed by atoms with Gasteiger partial charge >= 0.3 is 6.09 Å². The molecule has 160 valence electrons. The molecule has 0 saturated carbocycles. The van der Waals surface area contributed by atoms with Crippen molar-refractivity contribution in [3.8, 4) is 0 Å². The number of halogens is 1. The van der Waals surface area contributed by atoms with Crippen LogP contribution < -0.4 is 15.5 Å². The summed E-state index contributed by atoms with van der Waals surface area (Å²) in [5.74, 6) is 0.228. The number of hydrogen-bond acceptors (Lipinski definition) is 5. The van der Waals surface area contributed by atoms with E-state index in [2.05, 4.69) is 15.6 Å². The fourth-order valence-electron chi connectivity index (χ4n) is 2.95. The maximum atomic E-state index is 12.3. The second-order valence-electron chi connectivity index (χ2n) is 6.61. The molecule has 1 heterocycles. The fraction of sp³-hybridized carbons (Fsp3) is 0.174. The van der Waals surface area contributed by atoms with Crippen molar-refractivity contribution >= 4 is 40.8 Å². The molecule has 3 aromatic rings. The molecule has 2 amide bonds. The topological polar surface area (TPSA) is 83.6 Å². The van der Waals surface area contributed by atoms with Gasteiger partial charge in [-0.05, 0) is 35.9 Å². The highest BCUT2D eigenvalue weighted by Gasteiger charge is 2.16. The SMILES string of the molecule is CC(=O)N(CCOC(=O)Nc1ccccn1)c1ccccc1NCc1ccccc1Cl. The van der Waals surface area contributed by atoms with Gasteiger partial charge in [0.25, 0.3) is 0 Å². The number of pyridine rings is 1. The van der Waals surface area contributed by atoms with Crippen molar-refractivity contribution in [2.24, 2.45) is 0 Å². The molecule has 0 radical (unpaired) electrons. The van der Waals surface area contributed by atoms with Crippen LogP contribution in [-0.4, -0.2) is 30.1 Å². The van der Waals surface area contributed by atoms with Crippen molar-refractivity contribution < 1.29 is 14.3 Å². The van der Waals surface area contributed by atoms with E-state index in [1.165, 1.54) is 6.92 Å². The van der Waals surface area contributed by atoms with Gasteiger partial charge in [0.05, 0.1) is 17.9 Å². The Morgan fingerprint density at radius 2 is 1.77 bits per heavy atom. The lowest BCUT2D eigenvalue weighted by molar-refractivity contribution is -0.116. The molecule has 0 spiro atoms. The predicted molar refractivity (Wildman–Crippen MR) is 122 cm³/mol. The van der Waals surface area contributed by atoms with E-state index in [4.69, 9.17) is 16.3 Å². The molecule has 0 aliphatic carbocycles. The van der Waals surface area contributed by atoms with Crippen LogP contribution in [-0.2, 0) is 16.1 Å². The van der Waals surface area contributed by atoms with Gasteiger partial charge in [-0.2, -0.15) is 0 Å². The van der Waals surface area contributed by atoms with Crippen LogP contribution >= 0.6 is 11.6 Å². The van der Waals surface area contributed by atoms with Crippen LogP contribution in [0.2, 0.25) is 5.02 Å². The molecule has 1 aromatic heterocycles. The highest BCUT2D eigenvalue weighted by Crippen LogP contribution is 2.27. The van der Waals surface area contributed by atoms with Crippen LogP contribution in [0.3, 0.4) is 0 Å². The van der Waals surface area contributed by atoms with Gasteiger partial charge in [-0.3, -0.25) is 10.1 Å². The number of anilines is 3. The van der Waals surface area contributed by atoms with Crippen molar-refractivity contribution in [2.75, 3.05) is 28.7 Å². The van der Waals surface area contributed by atoms with Crippen molar-refractivity contribution in [1.82, 2.24) is 4.98 Å². The van der Waals surface area contributed by atoms with Gasteiger partial charge in [0, 0.05) is 24.7 Å². The number of hydrogen-bond donors (Lipinski definition) is 2. The lowest BCUT2D eigenvalue weighted by atomic mass is 10.2. The summed E-state index contributed by atoms with van der Waals surface area (Å²) in [6, 6.07) is 20.2. The summed E-state index contributed by atoms with van der Waals surface area (Å²) in [4.78, 5) is 29.8. The zero-order valence-corrected chi connectivity index (χ0v) is 17.8. The molecule has 0 aliphatic heterocycles. The Labute approximate surface area is 186 Å². The van der Waals surface area contributed by atoms with Crippen LogP contribution in [0, 0.1) is 0 Å².